The van der Waals surface area contributed by atoms with E-state index >= 15 is 0 Å². The van der Waals surface area contributed by atoms with Crippen LogP contribution in [0.15, 0.2) is 18.2 Å². The Kier molecular flexibility index (Phi) is 9.18. The van der Waals surface area contributed by atoms with Crippen LogP contribution in [-0.2, 0) is 25.6 Å². The molecular formula is C25H33N3O6. The minimum absolute atomic E-state index is 0.0285. The number of ketones is 1. The van der Waals surface area contributed by atoms with Crippen LogP contribution in [0, 0.1) is 11.8 Å². The zero-order valence-electron chi connectivity index (χ0n) is 19.4. The first-order valence-electron chi connectivity index (χ1n) is 12.1. The van der Waals surface area contributed by atoms with E-state index in [0.717, 1.165) is 24.8 Å². The Balaban J connectivity index is 1.54. The molecule has 1 aromatic rings. The lowest BCUT2D eigenvalue weighted by Crippen LogP contribution is -2.44. The lowest BCUT2D eigenvalue weighted by molar-refractivity contribution is -0.138. The van der Waals surface area contributed by atoms with Crippen molar-refractivity contribution < 1.29 is 29.1 Å². The minimum Gasteiger partial charge on any atom is -0.481 e. The molecular weight excluding hydrogens is 438 g/mol. The first-order valence-corrected chi connectivity index (χ1v) is 12.1. The number of carbonyl (C=O) groups is 5. The fourth-order valence-corrected chi connectivity index (χ4v) is 4.77. The molecule has 1 aliphatic heterocycles. The zero-order chi connectivity index (χ0) is 24.5. The van der Waals surface area contributed by atoms with E-state index in [9.17, 15) is 24.0 Å². The van der Waals surface area contributed by atoms with Crippen LogP contribution in [0.4, 0.5) is 5.69 Å². The molecule has 1 saturated heterocycles. The van der Waals surface area contributed by atoms with Crippen LogP contribution in [0.3, 0.4) is 0 Å². The second kappa shape index (κ2) is 12.3. The average Bonchev–Trinajstić information content (AvgIpc) is 2.96. The van der Waals surface area contributed by atoms with Crippen LogP contribution < -0.4 is 16.0 Å². The summed E-state index contributed by atoms with van der Waals surface area (Å²) in [5, 5.41) is 17.1. The lowest BCUT2D eigenvalue weighted by Gasteiger charge is -2.28. The number of nitrogens with one attached hydrogen (secondary N) is 3. The van der Waals surface area contributed by atoms with E-state index in [0.29, 0.717) is 56.3 Å². The van der Waals surface area contributed by atoms with E-state index in [2.05, 4.69) is 16.0 Å². The lowest BCUT2D eigenvalue weighted by atomic mass is 9.79. The number of hydrogen-bond acceptors (Lipinski definition) is 6. The summed E-state index contributed by atoms with van der Waals surface area (Å²) in [4.78, 5) is 59.5. The zero-order valence-corrected chi connectivity index (χ0v) is 19.4. The summed E-state index contributed by atoms with van der Waals surface area (Å²) < 4.78 is 0. The molecule has 1 aromatic carbocycles. The molecule has 34 heavy (non-hydrogen) atoms. The van der Waals surface area contributed by atoms with Gasteiger partial charge in [0.05, 0.1) is 6.54 Å². The third-order valence-electron chi connectivity index (χ3n) is 6.61. The summed E-state index contributed by atoms with van der Waals surface area (Å²) in [7, 11) is 0. The van der Waals surface area contributed by atoms with Gasteiger partial charge in [0.15, 0.2) is 5.78 Å². The largest absolute Gasteiger partial charge is 0.481 e. The van der Waals surface area contributed by atoms with Gasteiger partial charge in [0.25, 0.3) is 0 Å². The first-order chi connectivity index (χ1) is 16.3. The molecule has 0 saturated carbocycles. The number of piperidine rings is 1. The van der Waals surface area contributed by atoms with E-state index in [4.69, 9.17) is 5.11 Å². The Bertz CT molecular complexity index is 945. The Hall–Kier alpha value is -3.23. The van der Waals surface area contributed by atoms with Crippen molar-refractivity contribution in [3.05, 3.63) is 29.3 Å². The number of rotatable bonds is 11. The second-order valence-corrected chi connectivity index (χ2v) is 9.08. The number of unbranched alkanes of at least 4 members (excludes halogenated alkanes) is 3. The number of carbonyl (C=O) groups excluding carboxylic acids is 4. The molecule has 1 heterocycles. The number of aliphatic carboxylic acids is 1. The van der Waals surface area contributed by atoms with Gasteiger partial charge < -0.3 is 15.7 Å². The molecule has 4 N–H and O–H groups in total. The third kappa shape index (κ3) is 7.13. The van der Waals surface area contributed by atoms with Gasteiger partial charge >= 0.3 is 5.97 Å². The third-order valence-corrected chi connectivity index (χ3v) is 6.61. The molecule has 2 unspecified atom stereocenters. The van der Waals surface area contributed by atoms with Crippen molar-refractivity contribution in [3.63, 3.8) is 0 Å². The van der Waals surface area contributed by atoms with Gasteiger partial charge in [0, 0.05) is 43.0 Å². The molecule has 3 amide bonds. The number of hydrogen-bond donors (Lipinski definition) is 4. The van der Waals surface area contributed by atoms with Crippen LogP contribution in [0.2, 0.25) is 0 Å². The normalized spacial score (nSPS) is 20.2. The van der Waals surface area contributed by atoms with E-state index in [1.54, 1.807) is 12.1 Å². The molecule has 1 fully saturated rings. The van der Waals surface area contributed by atoms with Gasteiger partial charge in [-0.05, 0) is 49.7 Å². The highest BCUT2D eigenvalue weighted by Crippen LogP contribution is 2.36. The number of fused-ring (bicyclic) bond motifs is 1. The Labute approximate surface area is 199 Å². The second-order valence-electron chi connectivity index (χ2n) is 9.08. The molecule has 2 aliphatic rings. The van der Waals surface area contributed by atoms with Crippen LogP contribution in [-0.4, -0.2) is 47.7 Å². The summed E-state index contributed by atoms with van der Waals surface area (Å²) in [6.45, 7) is 0.587. The Morgan fingerprint density at radius 1 is 1.03 bits per heavy atom. The van der Waals surface area contributed by atoms with Crippen LogP contribution >= 0.6 is 0 Å². The van der Waals surface area contributed by atoms with Gasteiger partial charge in [-0.25, -0.2) is 0 Å². The summed E-state index contributed by atoms with van der Waals surface area (Å²) in [6.07, 6.45) is 5.56. The monoisotopic (exact) mass is 471 g/mol. The molecule has 0 spiro atoms. The number of Topliss-reactive ketones (excluding diaryl/α,β-unsaturated/α-hetero) is 1. The van der Waals surface area contributed by atoms with Gasteiger partial charge in [-0.1, -0.05) is 25.0 Å². The molecule has 9 nitrogen and oxygen atoms in total. The highest BCUT2D eigenvalue weighted by atomic mass is 16.4. The van der Waals surface area contributed by atoms with Crippen molar-refractivity contribution in [2.45, 2.75) is 64.2 Å². The van der Waals surface area contributed by atoms with Crippen molar-refractivity contribution in [1.82, 2.24) is 10.6 Å². The number of carboxylic acids is 1. The fraction of sp³-hybridized carbons (Fsp3) is 0.560. The van der Waals surface area contributed by atoms with Crippen LogP contribution in [0.1, 0.15) is 73.7 Å². The standard InChI is InChI=1S/C25H33N3O6/c29-21-11-9-16(17-10-12-22(30)28-25(17)34)14-19-18(21)6-5-7-20(19)27-15-23(31)26-13-4-2-1-3-8-24(32)33/h5-7,16-17,27H,1-4,8-15H2,(H,26,31)(H,32,33)(H,28,30,34). The maximum Gasteiger partial charge on any atom is 0.303 e. The predicted molar refractivity (Wildman–Crippen MR) is 125 cm³/mol. The van der Waals surface area contributed by atoms with E-state index in [1.165, 1.54) is 0 Å². The maximum absolute atomic E-state index is 12.8. The molecule has 3 rings (SSSR count). The van der Waals surface area contributed by atoms with E-state index in [-0.39, 0.29) is 48.3 Å². The molecule has 2 atom stereocenters. The van der Waals surface area contributed by atoms with Crippen molar-refractivity contribution in [1.29, 1.82) is 0 Å². The summed E-state index contributed by atoms with van der Waals surface area (Å²) in [6, 6.07) is 5.43. The molecule has 0 aromatic heterocycles. The summed E-state index contributed by atoms with van der Waals surface area (Å²) in [5.74, 6) is -1.78. The van der Waals surface area contributed by atoms with Gasteiger partial charge in [0.2, 0.25) is 17.7 Å². The SMILES string of the molecule is O=C(O)CCCCCCNC(=O)CNc1cccc2c1CC(C1CCC(=O)NC1=O)CCC2=O. The summed E-state index contributed by atoms with van der Waals surface area (Å²) in [5.41, 5.74) is 2.17. The van der Waals surface area contributed by atoms with Gasteiger partial charge in [0.1, 0.15) is 0 Å². The number of anilines is 1. The van der Waals surface area contributed by atoms with E-state index in [1.807, 2.05) is 6.07 Å². The Morgan fingerprint density at radius 3 is 2.59 bits per heavy atom. The number of imide groups is 1. The molecule has 0 radical (unpaired) electrons. The van der Waals surface area contributed by atoms with Crippen molar-refractivity contribution in [2.24, 2.45) is 11.8 Å². The van der Waals surface area contributed by atoms with Crippen molar-refractivity contribution >= 4 is 35.2 Å². The summed E-state index contributed by atoms with van der Waals surface area (Å²) >= 11 is 0. The molecule has 9 heteroatoms. The van der Waals surface area contributed by atoms with Crippen molar-refractivity contribution in [2.75, 3.05) is 18.4 Å². The van der Waals surface area contributed by atoms with Crippen molar-refractivity contribution in [3.8, 4) is 0 Å². The maximum atomic E-state index is 12.8. The topological polar surface area (TPSA) is 142 Å². The molecule has 184 valence electrons. The van der Waals surface area contributed by atoms with Crippen LogP contribution in [0.25, 0.3) is 0 Å². The predicted octanol–water partition coefficient (Wildman–Crippen LogP) is 2.44. The van der Waals surface area contributed by atoms with E-state index < -0.39 is 5.97 Å². The number of carboxylic acid groups (broad SMARTS) is 1. The molecule has 1 aliphatic carbocycles. The highest BCUT2D eigenvalue weighted by molar-refractivity contribution is 6.00. The van der Waals surface area contributed by atoms with Gasteiger partial charge in [-0.15, -0.1) is 0 Å². The Morgan fingerprint density at radius 2 is 1.82 bits per heavy atom. The first kappa shape index (κ1) is 25.4. The molecule has 0 bridgehead atoms. The fourth-order valence-electron chi connectivity index (χ4n) is 4.77. The quantitative estimate of drug-likeness (QED) is 0.221. The van der Waals surface area contributed by atoms with Crippen LogP contribution in [0.5, 0.6) is 0 Å². The average molecular weight is 472 g/mol. The number of amides is 3. The minimum atomic E-state index is -0.789. The van der Waals surface area contributed by atoms with Gasteiger partial charge in [-0.2, -0.15) is 0 Å². The number of benzene rings is 1. The van der Waals surface area contributed by atoms with Gasteiger partial charge in [-0.3, -0.25) is 29.3 Å². The highest BCUT2D eigenvalue weighted by Gasteiger charge is 2.36. The smallest absolute Gasteiger partial charge is 0.303 e.